The van der Waals surface area contributed by atoms with E-state index in [0.29, 0.717) is 16.1 Å². The maximum atomic E-state index is 12.6. The van der Waals surface area contributed by atoms with E-state index in [2.05, 4.69) is 15.9 Å². The number of halogens is 2. The van der Waals surface area contributed by atoms with E-state index in [1.54, 1.807) is 24.3 Å². The van der Waals surface area contributed by atoms with Crippen LogP contribution >= 0.6 is 27.5 Å². The van der Waals surface area contributed by atoms with Crippen LogP contribution in [0.1, 0.15) is 28.8 Å². The van der Waals surface area contributed by atoms with Crippen molar-refractivity contribution in [2.45, 2.75) is 18.9 Å². The van der Waals surface area contributed by atoms with E-state index in [4.69, 9.17) is 21.1 Å². The summed E-state index contributed by atoms with van der Waals surface area (Å²) >= 11 is 9.49. The zero-order valence-electron chi connectivity index (χ0n) is 12.4. The molecule has 0 bridgehead atoms. The molecule has 0 unspecified atom stereocenters. The van der Waals surface area contributed by atoms with E-state index in [-0.39, 0.29) is 11.9 Å². The van der Waals surface area contributed by atoms with Crippen LogP contribution in [0.15, 0.2) is 46.9 Å². The zero-order chi connectivity index (χ0) is 16.2. The Morgan fingerprint density at radius 2 is 1.83 bits per heavy atom. The fraction of sp³-hybridized carbons (Fsp3) is 0.278. The van der Waals surface area contributed by atoms with Crippen LogP contribution < -0.4 is 4.74 Å². The highest BCUT2D eigenvalue weighted by Crippen LogP contribution is 2.25. The molecule has 1 saturated heterocycles. The predicted octanol–water partition coefficient (Wildman–Crippen LogP) is 4.89. The van der Waals surface area contributed by atoms with Gasteiger partial charge in [-0.05, 0) is 42.5 Å². The molecule has 1 aliphatic rings. The number of hydrogen-bond acceptors (Lipinski definition) is 3. The highest BCUT2D eigenvalue weighted by molar-refractivity contribution is 9.10. The average Bonchev–Trinajstić information content (AvgIpc) is 2.58. The van der Waals surface area contributed by atoms with Crippen LogP contribution in [-0.2, 0) is 4.74 Å². The first-order valence-corrected chi connectivity index (χ1v) is 8.65. The third-order valence-electron chi connectivity index (χ3n) is 3.76. The Hall–Kier alpha value is -1.36. The molecule has 0 N–H and O–H groups in total. The first-order chi connectivity index (χ1) is 11.1. The SMILES string of the molecule is O=C(c1ccc(OC2CCOCC2)cc1)c1cc(Br)ccc1Cl. The van der Waals surface area contributed by atoms with Gasteiger partial charge in [-0.25, -0.2) is 0 Å². The lowest BCUT2D eigenvalue weighted by molar-refractivity contribution is 0.0256. The minimum absolute atomic E-state index is 0.103. The third-order valence-corrected chi connectivity index (χ3v) is 4.58. The smallest absolute Gasteiger partial charge is 0.194 e. The van der Waals surface area contributed by atoms with Crippen molar-refractivity contribution >= 4 is 33.3 Å². The second-order valence-corrected chi connectivity index (χ2v) is 6.73. The van der Waals surface area contributed by atoms with Gasteiger partial charge in [-0.1, -0.05) is 27.5 Å². The number of ketones is 1. The first-order valence-electron chi connectivity index (χ1n) is 7.48. The molecule has 23 heavy (non-hydrogen) atoms. The van der Waals surface area contributed by atoms with Crippen molar-refractivity contribution in [1.29, 1.82) is 0 Å². The number of carbonyl (C=O) groups is 1. The molecule has 120 valence electrons. The van der Waals surface area contributed by atoms with Crippen LogP contribution in [0.5, 0.6) is 5.75 Å². The third kappa shape index (κ3) is 4.14. The van der Waals surface area contributed by atoms with Gasteiger partial charge in [0.2, 0.25) is 0 Å². The van der Waals surface area contributed by atoms with Gasteiger partial charge in [0.15, 0.2) is 5.78 Å². The van der Waals surface area contributed by atoms with E-state index in [1.807, 2.05) is 18.2 Å². The van der Waals surface area contributed by atoms with Crippen LogP contribution in [0.4, 0.5) is 0 Å². The van der Waals surface area contributed by atoms with E-state index in [1.165, 1.54) is 0 Å². The molecule has 0 aromatic heterocycles. The van der Waals surface area contributed by atoms with Gasteiger partial charge in [-0.15, -0.1) is 0 Å². The number of ether oxygens (including phenoxy) is 2. The Bertz CT molecular complexity index is 694. The molecule has 3 rings (SSSR count). The Balaban J connectivity index is 1.73. The van der Waals surface area contributed by atoms with Gasteiger partial charge in [0.05, 0.1) is 18.2 Å². The van der Waals surface area contributed by atoms with Crippen LogP contribution in [0.3, 0.4) is 0 Å². The summed E-state index contributed by atoms with van der Waals surface area (Å²) in [4.78, 5) is 12.6. The molecule has 1 fully saturated rings. The van der Waals surface area contributed by atoms with Crippen molar-refractivity contribution in [2.24, 2.45) is 0 Å². The lowest BCUT2D eigenvalue weighted by atomic mass is 10.0. The Morgan fingerprint density at radius 3 is 2.52 bits per heavy atom. The van der Waals surface area contributed by atoms with Gasteiger partial charge in [0, 0.05) is 28.4 Å². The summed E-state index contributed by atoms with van der Waals surface area (Å²) in [5.74, 6) is 0.669. The number of rotatable bonds is 4. The molecule has 0 saturated carbocycles. The largest absolute Gasteiger partial charge is 0.490 e. The number of carbonyl (C=O) groups excluding carboxylic acids is 1. The molecule has 1 aliphatic heterocycles. The normalized spacial score (nSPS) is 15.4. The molecule has 1 heterocycles. The molecule has 0 aliphatic carbocycles. The van der Waals surface area contributed by atoms with Gasteiger partial charge in [-0.2, -0.15) is 0 Å². The zero-order valence-corrected chi connectivity index (χ0v) is 14.8. The van der Waals surface area contributed by atoms with Crippen molar-refractivity contribution in [3.63, 3.8) is 0 Å². The number of benzene rings is 2. The minimum Gasteiger partial charge on any atom is -0.490 e. The molecule has 0 amide bonds. The standard InChI is InChI=1S/C18H16BrClO3/c19-13-3-6-17(20)16(11-13)18(21)12-1-4-14(5-2-12)23-15-7-9-22-10-8-15/h1-6,11,15H,7-10H2. The Morgan fingerprint density at radius 1 is 1.13 bits per heavy atom. The minimum atomic E-state index is -0.103. The summed E-state index contributed by atoms with van der Waals surface area (Å²) in [5, 5.41) is 0.445. The van der Waals surface area contributed by atoms with Crippen molar-refractivity contribution in [1.82, 2.24) is 0 Å². The molecular weight excluding hydrogens is 380 g/mol. The second-order valence-electron chi connectivity index (χ2n) is 5.41. The predicted molar refractivity (Wildman–Crippen MR) is 93.5 cm³/mol. The van der Waals surface area contributed by atoms with Gasteiger partial charge in [0.1, 0.15) is 11.9 Å². The monoisotopic (exact) mass is 394 g/mol. The van der Waals surface area contributed by atoms with E-state index < -0.39 is 0 Å². The summed E-state index contributed by atoms with van der Waals surface area (Å²) < 4.78 is 12.1. The average molecular weight is 396 g/mol. The molecule has 0 spiro atoms. The first kappa shape index (κ1) is 16.5. The second kappa shape index (κ2) is 7.47. The lowest BCUT2D eigenvalue weighted by Crippen LogP contribution is -2.25. The molecule has 2 aromatic carbocycles. The van der Waals surface area contributed by atoms with E-state index >= 15 is 0 Å². The highest BCUT2D eigenvalue weighted by Gasteiger charge is 2.16. The van der Waals surface area contributed by atoms with E-state index in [9.17, 15) is 4.79 Å². The summed E-state index contributed by atoms with van der Waals surface area (Å²) in [6.45, 7) is 1.48. The summed E-state index contributed by atoms with van der Waals surface area (Å²) in [6, 6.07) is 12.5. The molecule has 0 radical (unpaired) electrons. The quantitative estimate of drug-likeness (QED) is 0.691. The summed E-state index contributed by atoms with van der Waals surface area (Å²) in [6.07, 6.45) is 1.98. The van der Waals surface area contributed by atoms with Crippen LogP contribution in [0, 0.1) is 0 Å². The topological polar surface area (TPSA) is 35.5 Å². The molecule has 5 heteroatoms. The fourth-order valence-electron chi connectivity index (χ4n) is 2.50. The van der Waals surface area contributed by atoms with Crippen molar-refractivity contribution in [2.75, 3.05) is 13.2 Å². The summed E-state index contributed by atoms with van der Waals surface area (Å²) in [7, 11) is 0. The van der Waals surface area contributed by atoms with Gasteiger partial charge in [-0.3, -0.25) is 4.79 Å². The Kier molecular flexibility index (Phi) is 5.36. The van der Waals surface area contributed by atoms with Gasteiger partial charge >= 0.3 is 0 Å². The van der Waals surface area contributed by atoms with Gasteiger partial charge < -0.3 is 9.47 Å². The Labute approximate surface area is 148 Å². The molecular formula is C18H16BrClO3. The van der Waals surface area contributed by atoms with Crippen LogP contribution in [0.25, 0.3) is 0 Å². The van der Waals surface area contributed by atoms with Crippen LogP contribution in [0.2, 0.25) is 5.02 Å². The van der Waals surface area contributed by atoms with Crippen molar-refractivity contribution in [3.8, 4) is 5.75 Å². The highest BCUT2D eigenvalue weighted by atomic mass is 79.9. The molecule has 3 nitrogen and oxygen atoms in total. The maximum Gasteiger partial charge on any atom is 0.194 e. The van der Waals surface area contributed by atoms with Crippen LogP contribution in [-0.4, -0.2) is 25.1 Å². The lowest BCUT2D eigenvalue weighted by Gasteiger charge is -2.23. The van der Waals surface area contributed by atoms with E-state index in [0.717, 1.165) is 36.3 Å². The fourth-order valence-corrected chi connectivity index (χ4v) is 3.06. The molecule has 0 atom stereocenters. The maximum absolute atomic E-state index is 12.6. The van der Waals surface area contributed by atoms with Gasteiger partial charge in [0.25, 0.3) is 0 Å². The molecule has 2 aromatic rings. The summed E-state index contributed by atoms with van der Waals surface area (Å²) in [5.41, 5.74) is 1.07. The number of hydrogen-bond donors (Lipinski definition) is 0. The van der Waals surface area contributed by atoms with Crippen molar-refractivity contribution < 1.29 is 14.3 Å². The van der Waals surface area contributed by atoms with Crippen molar-refractivity contribution in [3.05, 3.63) is 63.1 Å².